The summed E-state index contributed by atoms with van der Waals surface area (Å²) in [5, 5.41) is 13.5. The normalized spacial score (nSPS) is 20.4. The van der Waals surface area contributed by atoms with E-state index < -0.39 is 0 Å². The Morgan fingerprint density at radius 3 is 2.72 bits per heavy atom. The molecule has 3 rings (SSSR count). The highest BCUT2D eigenvalue weighted by molar-refractivity contribution is 5.55. The lowest BCUT2D eigenvalue weighted by molar-refractivity contribution is 0.294. The van der Waals surface area contributed by atoms with Crippen LogP contribution in [0.4, 0.5) is 0 Å². The second kappa shape index (κ2) is 5.06. The third-order valence-corrected chi connectivity index (χ3v) is 3.68. The predicted octanol–water partition coefficient (Wildman–Crippen LogP) is 2.02. The van der Waals surface area contributed by atoms with Crippen molar-refractivity contribution in [3.05, 3.63) is 17.7 Å². The van der Waals surface area contributed by atoms with Gasteiger partial charge < -0.3 is 19.9 Å². The number of nitrogens with one attached hydrogen (secondary N) is 1. The van der Waals surface area contributed by atoms with Gasteiger partial charge in [0, 0.05) is 12.0 Å². The molecule has 4 heteroatoms. The van der Waals surface area contributed by atoms with E-state index >= 15 is 0 Å². The number of rotatable bonds is 1. The first-order valence-corrected chi connectivity index (χ1v) is 6.68. The van der Waals surface area contributed by atoms with Crippen molar-refractivity contribution in [2.24, 2.45) is 0 Å². The predicted molar refractivity (Wildman–Crippen MR) is 68.6 cm³/mol. The Balaban J connectivity index is 2.00. The molecule has 0 aliphatic carbocycles. The number of phenols is 1. The van der Waals surface area contributed by atoms with Crippen LogP contribution >= 0.6 is 0 Å². The van der Waals surface area contributed by atoms with Gasteiger partial charge in [-0.15, -0.1) is 0 Å². The standard InChI is InChI=1S/C14H19NO3/c16-11-2-3-12-14(18-9-1-8-17-12)13(11)10-4-6-15-7-5-10/h2-3,10,15-16H,1,4-9H2. The van der Waals surface area contributed by atoms with E-state index in [0.717, 1.165) is 49.4 Å². The molecule has 0 amide bonds. The van der Waals surface area contributed by atoms with Gasteiger partial charge in [-0.1, -0.05) is 0 Å². The molecule has 0 spiro atoms. The number of ether oxygens (including phenoxy) is 2. The van der Waals surface area contributed by atoms with Crippen LogP contribution in [-0.4, -0.2) is 31.4 Å². The van der Waals surface area contributed by atoms with E-state index in [1.54, 1.807) is 12.1 Å². The van der Waals surface area contributed by atoms with Crippen molar-refractivity contribution in [1.29, 1.82) is 0 Å². The first-order valence-electron chi connectivity index (χ1n) is 6.68. The van der Waals surface area contributed by atoms with E-state index in [0.29, 0.717) is 24.9 Å². The zero-order valence-corrected chi connectivity index (χ0v) is 10.4. The molecule has 0 radical (unpaired) electrons. The van der Waals surface area contributed by atoms with Crippen LogP contribution in [0.15, 0.2) is 12.1 Å². The number of hydrogen-bond acceptors (Lipinski definition) is 4. The summed E-state index contributed by atoms with van der Waals surface area (Å²) < 4.78 is 11.5. The van der Waals surface area contributed by atoms with Crippen LogP contribution in [0.25, 0.3) is 0 Å². The van der Waals surface area contributed by atoms with Crippen molar-refractivity contribution in [3.8, 4) is 17.2 Å². The van der Waals surface area contributed by atoms with Crippen LogP contribution in [0.3, 0.4) is 0 Å². The van der Waals surface area contributed by atoms with E-state index in [4.69, 9.17) is 9.47 Å². The molecule has 0 saturated carbocycles. The second-order valence-corrected chi connectivity index (χ2v) is 4.90. The van der Waals surface area contributed by atoms with E-state index in [-0.39, 0.29) is 0 Å². The summed E-state index contributed by atoms with van der Waals surface area (Å²) in [4.78, 5) is 0. The van der Waals surface area contributed by atoms with Gasteiger partial charge in [-0.3, -0.25) is 0 Å². The Bertz CT molecular complexity index is 427. The monoisotopic (exact) mass is 249 g/mol. The molecule has 2 aliphatic heterocycles. The van der Waals surface area contributed by atoms with E-state index in [2.05, 4.69) is 5.32 Å². The Morgan fingerprint density at radius 2 is 1.89 bits per heavy atom. The van der Waals surface area contributed by atoms with Gasteiger partial charge in [0.05, 0.1) is 13.2 Å². The Hall–Kier alpha value is -1.42. The molecule has 1 aromatic carbocycles. The summed E-state index contributed by atoms with van der Waals surface area (Å²) >= 11 is 0. The highest BCUT2D eigenvalue weighted by Crippen LogP contribution is 2.45. The Morgan fingerprint density at radius 1 is 1.11 bits per heavy atom. The SMILES string of the molecule is Oc1ccc2c(c1C1CCNCC1)OCCCO2. The molecule has 18 heavy (non-hydrogen) atoms. The summed E-state index contributed by atoms with van der Waals surface area (Å²) in [5.74, 6) is 2.24. The van der Waals surface area contributed by atoms with Crippen LogP contribution in [0, 0.1) is 0 Å². The number of hydrogen-bond donors (Lipinski definition) is 2. The van der Waals surface area contributed by atoms with Crippen LogP contribution in [0.1, 0.15) is 30.7 Å². The lowest BCUT2D eigenvalue weighted by atomic mass is 9.88. The van der Waals surface area contributed by atoms with Gasteiger partial charge in [0.15, 0.2) is 11.5 Å². The lowest BCUT2D eigenvalue weighted by Crippen LogP contribution is -2.27. The fourth-order valence-electron chi connectivity index (χ4n) is 2.75. The minimum Gasteiger partial charge on any atom is -0.508 e. The van der Waals surface area contributed by atoms with E-state index in [1.807, 2.05) is 0 Å². The molecule has 2 aliphatic rings. The lowest BCUT2D eigenvalue weighted by Gasteiger charge is -2.26. The Labute approximate surface area is 107 Å². The van der Waals surface area contributed by atoms with Crippen molar-refractivity contribution in [2.75, 3.05) is 26.3 Å². The van der Waals surface area contributed by atoms with Gasteiger partial charge in [-0.05, 0) is 44.0 Å². The van der Waals surface area contributed by atoms with Gasteiger partial charge in [0.2, 0.25) is 0 Å². The van der Waals surface area contributed by atoms with Crippen LogP contribution in [0.2, 0.25) is 0 Å². The minimum absolute atomic E-state index is 0.339. The van der Waals surface area contributed by atoms with Crippen molar-refractivity contribution < 1.29 is 14.6 Å². The summed E-state index contributed by atoms with van der Waals surface area (Å²) in [7, 11) is 0. The third-order valence-electron chi connectivity index (χ3n) is 3.68. The number of benzene rings is 1. The summed E-state index contributed by atoms with van der Waals surface area (Å²) in [6, 6.07) is 3.53. The molecule has 2 heterocycles. The number of aromatic hydroxyl groups is 1. The maximum atomic E-state index is 10.2. The van der Waals surface area contributed by atoms with E-state index in [1.165, 1.54) is 0 Å². The Kier molecular flexibility index (Phi) is 3.28. The number of phenolic OH excluding ortho intramolecular Hbond substituents is 1. The largest absolute Gasteiger partial charge is 0.508 e. The summed E-state index contributed by atoms with van der Waals surface area (Å²) in [5.41, 5.74) is 0.941. The molecule has 2 N–H and O–H groups in total. The maximum Gasteiger partial charge on any atom is 0.168 e. The van der Waals surface area contributed by atoms with Crippen molar-refractivity contribution >= 4 is 0 Å². The molecule has 0 aromatic heterocycles. The van der Waals surface area contributed by atoms with E-state index in [9.17, 15) is 5.11 Å². The van der Waals surface area contributed by atoms with Crippen molar-refractivity contribution in [2.45, 2.75) is 25.2 Å². The quantitative estimate of drug-likeness (QED) is 0.799. The van der Waals surface area contributed by atoms with Crippen LogP contribution < -0.4 is 14.8 Å². The molecule has 0 atom stereocenters. The van der Waals surface area contributed by atoms with Crippen LogP contribution in [0.5, 0.6) is 17.2 Å². The molecule has 1 fully saturated rings. The topological polar surface area (TPSA) is 50.7 Å². The molecule has 1 aromatic rings. The highest BCUT2D eigenvalue weighted by atomic mass is 16.5. The van der Waals surface area contributed by atoms with Gasteiger partial charge >= 0.3 is 0 Å². The highest BCUT2D eigenvalue weighted by Gasteiger charge is 2.26. The zero-order valence-electron chi connectivity index (χ0n) is 10.4. The second-order valence-electron chi connectivity index (χ2n) is 4.90. The van der Waals surface area contributed by atoms with Gasteiger partial charge in [0.1, 0.15) is 5.75 Å². The summed E-state index contributed by atoms with van der Waals surface area (Å²) in [6.45, 7) is 3.33. The molecule has 0 unspecified atom stereocenters. The zero-order chi connectivity index (χ0) is 12.4. The smallest absolute Gasteiger partial charge is 0.168 e. The molecule has 1 saturated heterocycles. The number of fused-ring (bicyclic) bond motifs is 1. The maximum absolute atomic E-state index is 10.2. The fraction of sp³-hybridized carbons (Fsp3) is 0.571. The minimum atomic E-state index is 0.339. The van der Waals surface area contributed by atoms with Gasteiger partial charge in [-0.25, -0.2) is 0 Å². The average molecular weight is 249 g/mol. The number of piperidine rings is 1. The van der Waals surface area contributed by atoms with Crippen molar-refractivity contribution in [3.63, 3.8) is 0 Å². The first-order chi connectivity index (χ1) is 8.86. The molecule has 0 bridgehead atoms. The molecular weight excluding hydrogens is 230 g/mol. The first kappa shape index (κ1) is 11.7. The van der Waals surface area contributed by atoms with Crippen LogP contribution in [-0.2, 0) is 0 Å². The van der Waals surface area contributed by atoms with Gasteiger partial charge in [-0.2, -0.15) is 0 Å². The fourth-order valence-corrected chi connectivity index (χ4v) is 2.75. The van der Waals surface area contributed by atoms with Gasteiger partial charge in [0.25, 0.3) is 0 Å². The molecule has 98 valence electrons. The average Bonchev–Trinajstić information content (AvgIpc) is 2.65. The summed E-state index contributed by atoms with van der Waals surface area (Å²) in [6.07, 6.45) is 2.96. The molecule has 4 nitrogen and oxygen atoms in total. The van der Waals surface area contributed by atoms with Crippen molar-refractivity contribution in [1.82, 2.24) is 5.32 Å². The molecular formula is C14H19NO3. The third kappa shape index (κ3) is 2.12.